The van der Waals surface area contributed by atoms with Crippen molar-refractivity contribution in [1.82, 2.24) is 0 Å². The van der Waals surface area contributed by atoms with Gasteiger partial charge in [-0.05, 0) is 22.2 Å². The van der Waals surface area contributed by atoms with Crippen molar-refractivity contribution in [3.05, 3.63) is 60.7 Å². The lowest BCUT2D eigenvalue weighted by molar-refractivity contribution is -0.161. The molecule has 0 amide bonds. The van der Waals surface area contributed by atoms with Gasteiger partial charge >= 0.3 is 5.97 Å². The van der Waals surface area contributed by atoms with Gasteiger partial charge in [-0.25, -0.2) is 0 Å². The van der Waals surface area contributed by atoms with Crippen molar-refractivity contribution in [3.63, 3.8) is 0 Å². The maximum atomic E-state index is 12.3. The third-order valence-corrected chi connectivity index (χ3v) is 9.66. The summed E-state index contributed by atoms with van der Waals surface area (Å²) in [6.45, 7) is 6.26. The minimum atomic E-state index is -3.09. The zero-order chi connectivity index (χ0) is 18.0. The van der Waals surface area contributed by atoms with E-state index in [1.807, 2.05) is 60.7 Å². The highest BCUT2D eigenvalue weighted by Gasteiger charge is 2.52. The van der Waals surface area contributed by atoms with Crippen LogP contribution in [0.3, 0.4) is 0 Å². The summed E-state index contributed by atoms with van der Waals surface area (Å²) in [5, 5.41) is 1.91. The highest BCUT2D eigenvalue weighted by molar-refractivity contribution is 6.97. The van der Waals surface area contributed by atoms with Gasteiger partial charge in [0.05, 0.1) is 0 Å². The predicted octanol–water partition coefficient (Wildman–Crippen LogP) is 2.72. The Morgan fingerprint density at radius 2 is 1.48 bits per heavy atom. The molecule has 1 fully saturated rings. The van der Waals surface area contributed by atoms with E-state index >= 15 is 0 Å². The molecule has 1 aliphatic heterocycles. The van der Waals surface area contributed by atoms with Gasteiger partial charge in [0.2, 0.25) is 0 Å². The molecule has 0 aromatic heterocycles. The summed E-state index contributed by atoms with van der Waals surface area (Å²) in [5.74, 6) is 0.140. The summed E-state index contributed by atoms with van der Waals surface area (Å²) in [4.78, 5) is 24.4. The third kappa shape index (κ3) is 3.28. The summed E-state index contributed by atoms with van der Waals surface area (Å²) in [5.41, 5.74) is -0.106. The van der Waals surface area contributed by atoms with E-state index in [4.69, 9.17) is 4.74 Å². The van der Waals surface area contributed by atoms with Gasteiger partial charge in [0.1, 0.15) is 6.10 Å². The second-order valence-electron chi connectivity index (χ2n) is 7.37. The Morgan fingerprint density at radius 1 is 1.00 bits per heavy atom. The van der Waals surface area contributed by atoms with Gasteiger partial charge in [0.25, 0.3) is 8.32 Å². The molecule has 2 aromatic carbocycles. The fourth-order valence-electron chi connectivity index (χ4n) is 4.15. The van der Waals surface area contributed by atoms with E-state index in [0.717, 1.165) is 10.4 Å². The van der Waals surface area contributed by atoms with Crippen LogP contribution in [0.15, 0.2) is 60.7 Å². The van der Waals surface area contributed by atoms with Gasteiger partial charge in [0.15, 0.2) is 0 Å². The van der Waals surface area contributed by atoms with Crippen LogP contribution in [0.1, 0.15) is 27.2 Å². The molecule has 0 bridgehead atoms. The van der Waals surface area contributed by atoms with Crippen molar-refractivity contribution in [2.75, 3.05) is 0 Å². The molecule has 1 N–H and O–H groups in total. The van der Waals surface area contributed by atoms with E-state index in [2.05, 4.69) is 20.8 Å². The minimum absolute atomic E-state index is 0.106. The van der Waals surface area contributed by atoms with Crippen molar-refractivity contribution in [3.8, 4) is 0 Å². The van der Waals surface area contributed by atoms with E-state index < -0.39 is 8.32 Å². The number of carbonyl (C=O) groups is 1. The van der Waals surface area contributed by atoms with Crippen LogP contribution in [0.2, 0.25) is 5.54 Å². The summed E-state index contributed by atoms with van der Waals surface area (Å²) < 4.78 is 5.63. The average Bonchev–Trinajstić information content (AvgIpc) is 2.64. The zero-order valence-electron chi connectivity index (χ0n) is 15.1. The van der Waals surface area contributed by atoms with E-state index in [0.29, 0.717) is 0 Å². The summed E-state index contributed by atoms with van der Waals surface area (Å²) in [6, 6.07) is 19.7. The second-order valence-corrected chi connectivity index (χ2v) is 10.8. The predicted molar refractivity (Wildman–Crippen MR) is 102 cm³/mol. The van der Waals surface area contributed by atoms with Crippen LogP contribution in [0.4, 0.5) is 0 Å². The van der Waals surface area contributed by atoms with Gasteiger partial charge in [0, 0.05) is 12.0 Å². The lowest BCUT2D eigenvalue weighted by Gasteiger charge is -2.44. The van der Waals surface area contributed by atoms with Crippen molar-refractivity contribution in [2.45, 2.75) is 38.8 Å². The lowest BCUT2D eigenvalue weighted by atomic mass is 9.88. The number of rotatable bonds is 4. The summed E-state index contributed by atoms with van der Waals surface area (Å²) in [7, 11) is -3.09. The molecule has 0 spiro atoms. The molecule has 3 nitrogen and oxygen atoms in total. The minimum Gasteiger partial charge on any atom is -0.462 e. The molecule has 3 rings (SSSR count). The molecule has 0 aliphatic carbocycles. The number of esters is 1. The molecular formula is C21H26O3Si. The molecule has 1 aliphatic rings. The molecule has 1 heterocycles. The van der Waals surface area contributed by atoms with Crippen LogP contribution in [0, 0.1) is 11.8 Å². The van der Waals surface area contributed by atoms with Crippen LogP contribution in [0.25, 0.3) is 0 Å². The Bertz CT molecular complexity index is 675. The largest absolute Gasteiger partial charge is 0.462 e. The Morgan fingerprint density at radius 3 is 1.92 bits per heavy atom. The SMILES string of the molecule is CC(C)[C@@H]1OC(=O)C[C@H]([Si](O)(c2ccccc2)c2ccccc2)[C@@H]1C. The number of hydrogen-bond acceptors (Lipinski definition) is 3. The smallest absolute Gasteiger partial charge is 0.306 e. The zero-order valence-corrected chi connectivity index (χ0v) is 16.1. The Balaban J connectivity index is 2.13. The van der Waals surface area contributed by atoms with Gasteiger partial charge in [-0.2, -0.15) is 0 Å². The van der Waals surface area contributed by atoms with Crippen molar-refractivity contribution >= 4 is 24.7 Å². The van der Waals surface area contributed by atoms with Gasteiger partial charge in [-0.15, -0.1) is 0 Å². The molecule has 25 heavy (non-hydrogen) atoms. The van der Waals surface area contributed by atoms with Crippen molar-refractivity contribution in [2.24, 2.45) is 11.8 Å². The maximum Gasteiger partial charge on any atom is 0.306 e. The van der Waals surface area contributed by atoms with Gasteiger partial charge in [-0.1, -0.05) is 81.4 Å². The normalized spacial score (nSPS) is 24.2. The van der Waals surface area contributed by atoms with Crippen LogP contribution >= 0.6 is 0 Å². The molecule has 2 aromatic rings. The third-order valence-electron chi connectivity index (χ3n) is 5.43. The molecule has 1 saturated heterocycles. The van der Waals surface area contributed by atoms with Gasteiger partial charge in [-0.3, -0.25) is 4.79 Å². The molecule has 3 atom stereocenters. The highest BCUT2D eigenvalue weighted by atomic mass is 28.4. The average molecular weight is 355 g/mol. The fourth-order valence-corrected chi connectivity index (χ4v) is 8.16. The first-order valence-corrected chi connectivity index (χ1v) is 11.0. The number of benzene rings is 2. The molecule has 0 saturated carbocycles. The standard InChI is InChI=1S/C21H26O3Si/c1-15(2)21-16(3)19(14-20(22)24-21)25(23,17-10-6-4-7-11-17)18-12-8-5-9-13-18/h4-13,15-16,19,21,23H,14H2,1-3H3/t16-,19-,21-/m0/s1. The molecule has 132 valence electrons. The lowest BCUT2D eigenvalue weighted by Crippen LogP contribution is -2.65. The molecular weight excluding hydrogens is 328 g/mol. The topological polar surface area (TPSA) is 46.5 Å². The van der Waals surface area contributed by atoms with Crippen LogP contribution in [0.5, 0.6) is 0 Å². The van der Waals surface area contributed by atoms with Crippen molar-refractivity contribution < 1.29 is 14.3 Å². The van der Waals surface area contributed by atoms with Crippen molar-refractivity contribution in [1.29, 1.82) is 0 Å². The Kier molecular flexibility index (Phi) is 5.11. The first kappa shape index (κ1) is 17.9. The van der Waals surface area contributed by atoms with E-state index in [-0.39, 0.29) is 35.9 Å². The monoisotopic (exact) mass is 354 g/mol. The molecule has 0 radical (unpaired) electrons. The second kappa shape index (κ2) is 7.14. The van der Waals surface area contributed by atoms with Crippen LogP contribution in [-0.4, -0.2) is 25.2 Å². The highest BCUT2D eigenvalue weighted by Crippen LogP contribution is 2.40. The fraction of sp³-hybridized carbons (Fsp3) is 0.381. The Hall–Kier alpha value is -1.91. The number of hydrogen-bond donors (Lipinski definition) is 1. The van der Waals surface area contributed by atoms with Crippen LogP contribution in [-0.2, 0) is 9.53 Å². The molecule has 4 heteroatoms. The van der Waals surface area contributed by atoms with E-state index in [9.17, 15) is 9.59 Å². The maximum absolute atomic E-state index is 12.3. The number of cyclic esters (lactones) is 1. The summed E-state index contributed by atoms with van der Waals surface area (Å²) >= 11 is 0. The number of ether oxygens (including phenoxy) is 1. The number of carbonyl (C=O) groups excluding carboxylic acids is 1. The summed E-state index contributed by atoms with van der Waals surface area (Å²) in [6.07, 6.45) is 0.120. The van der Waals surface area contributed by atoms with Gasteiger partial charge < -0.3 is 9.53 Å². The quantitative estimate of drug-likeness (QED) is 0.678. The first-order chi connectivity index (χ1) is 11.9. The Labute approximate surface area is 150 Å². The van der Waals surface area contributed by atoms with E-state index in [1.165, 1.54) is 0 Å². The molecule has 0 unspecified atom stereocenters. The van der Waals surface area contributed by atoms with Crippen LogP contribution < -0.4 is 10.4 Å². The first-order valence-electron chi connectivity index (χ1n) is 8.97. The van der Waals surface area contributed by atoms with E-state index in [1.54, 1.807) is 0 Å².